The van der Waals surface area contributed by atoms with E-state index in [1.54, 1.807) is 40.6 Å². The van der Waals surface area contributed by atoms with E-state index in [1.807, 2.05) is 13.8 Å². The number of hydrogen-bond acceptors (Lipinski definition) is 4. The van der Waals surface area contributed by atoms with Crippen LogP contribution in [0.15, 0.2) is 58.1 Å². The van der Waals surface area contributed by atoms with Gasteiger partial charge in [-0.2, -0.15) is 0 Å². The first-order valence-electron chi connectivity index (χ1n) is 7.43. The summed E-state index contributed by atoms with van der Waals surface area (Å²) in [6.07, 6.45) is 0. The van der Waals surface area contributed by atoms with E-state index in [-0.39, 0.29) is 10.1 Å². The predicted molar refractivity (Wildman–Crippen MR) is 98.0 cm³/mol. The molecular formula is C17H20N2O3S2. The molecule has 0 atom stereocenters. The predicted octanol–water partition coefficient (Wildman–Crippen LogP) is 3.59. The Balaban J connectivity index is 2.23. The Morgan fingerprint density at radius 1 is 1.29 bits per heavy atom. The molecule has 1 amide bonds. The molecule has 0 aliphatic rings. The largest absolute Gasteiger partial charge is 0.335 e. The van der Waals surface area contributed by atoms with Crippen LogP contribution in [0.25, 0.3) is 0 Å². The minimum absolute atomic E-state index is 0.155. The molecule has 128 valence electrons. The maximum Gasteiger partial charge on any atom is 0.271 e. The number of thiophene rings is 1. The Kier molecular flexibility index (Phi) is 5.80. The molecule has 5 nitrogen and oxygen atoms in total. The van der Waals surface area contributed by atoms with Crippen LogP contribution in [0.5, 0.6) is 0 Å². The number of sulfonamides is 1. The number of carbonyl (C=O) groups is 1. The van der Waals surface area contributed by atoms with Gasteiger partial charge in [0.15, 0.2) is 0 Å². The Hall–Kier alpha value is -2.12. The van der Waals surface area contributed by atoms with Crippen molar-refractivity contribution in [3.63, 3.8) is 0 Å². The maximum atomic E-state index is 12.6. The Morgan fingerprint density at radius 3 is 2.62 bits per heavy atom. The number of nitrogens with one attached hydrogen (secondary N) is 1. The highest BCUT2D eigenvalue weighted by Crippen LogP contribution is 2.21. The zero-order chi connectivity index (χ0) is 17.7. The van der Waals surface area contributed by atoms with Crippen LogP contribution in [0.3, 0.4) is 0 Å². The molecule has 0 bridgehead atoms. The highest BCUT2D eigenvalue weighted by atomic mass is 32.2. The number of nitrogens with zero attached hydrogens (tertiary/aromatic N) is 1. The van der Waals surface area contributed by atoms with Gasteiger partial charge in [0.05, 0.1) is 0 Å². The van der Waals surface area contributed by atoms with E-state index in [0.29, 0.717) is 24.3 Å². The maximum absolute atomic E-state index is 12.6. The van der Waals surface area contributed by atoms with Gasteiger partial charge < -0.3 is 4.90 Å². The van der Waals surface area contributed by atoms with Crippen molar-refractivity contribution in [2.24, 2.45) is 0 Å². The standard InChI is InChI=1S/C17H20N2O3S2/c1-4-19(12-13(2)3)17(20)14-7-5-8-15(11-14)18-24(21,22)16-9-6-10-23-16/h5-11,18H,2,4,12H2,1,3H3. The summed E-state index contributed by atoms with van der Waals surface area (Å²) < 4.78 is 27.3. The summed E-state index contributed by atoms with van der Waals surface area (Å²) >= 11 is 1.14. The van der Waals surface area contributed by atoms with Crippen molar-refractivity contribution in [2.45, 2.75) is 18.1 Å². The molecular weight excluding hydrogens is 344 g/mol. The molecule has 0 saturated carbocycles. The van der Waals surface area contributed by atoms with Crippen molar-refractivity contribution in [2.75, 3.05) is 17.8 Å². The van der Waals surface area contributed by atoms with Crippen LogP contribution < -0.4 is 4.72 Å². The molecule has 0 radical (unpaired) electrons. The van der Waals surface area contributed by atoms with Gasteiger partial charge >= 0.3 is 0 Å². The van der Waals surface area contributed by atoms with E-state index in [4.69, 9.17) is 0 Å². The lowest BCUT2D eigenvalue weighted by molar-refractivity contribution is 0.0778. The second-order valence-electron chi connectivity index (χ2n) is 5.39. The smallest absolute Gasteiger partial charge is 0.271 e. The van der Waals surface area contributed by atoms with Crippen LogP contribution in [-0.4, -0.2) is 32.3 Å². The number of rotatable bonds is 7. The average molecular weight is 364 g/mol. The van der Waals surface area contributed by atoms with Crippen LogP contribution >= 0.6 is 11.3 Å². The van der Waals surface area contributed by atoms with Crippen LogP contribution in [0.4, 0.5) is 5.69 Å². The van der Waals surface area contributed by atoms with Gasteiger partial charge in [-0.25, -0.2) is 8.42 Å². The number of amides is 1. The van der Waals surface area contributed by atoms with Crippen LogP contribution in [0, 0.1) is 0 Å². The summed E-state index contributed by atoms with van der Waals surface area (Å²) in [4.78, 5) is 14.2. The van der Waals surface area contributed by atoms with Crippen molar-refractivity contribution < 1.29 is 13.2 Å². The number of hydrogen-bond donors (Lipinski definition) is 1. The molecule has 1 aromatic heterocycles. The van der Waals surface area contributed by atoms with Crippen LogP contribution in [0.2, 0.25) is 0 Å². The molecule has 2 aromatic rings. The second kappa shape index (κ2) is 7.63. The third-order valence-corrected chi connectivity index (χ3v) is 6.03. The molecule has 1 heterocycles. The fourth-order valence-corrected chi connectivity index (χ4v) is 4.22. The molecule has 0 spiro atoms. The molecule has 0 unspecified atom stereocenters. The quantitative estimate of drug-likeness (QED) is 0.764. The van der Waals surface area contributed by atoms with Gasteiger partial charge in [-0.15, -0.1) is 11.3 Å². The fourth-order valence-electron chi connectivity index (χ4n) is 2.17. The third-order valence-electron chi connectivity index (χ3n) is 3.25. The SMILES string of the molecule is C=C(C)CN(CC)C(=O)c1cccc(NS(=O)(=O)c2cccs2)c1. The molecule has 24 heavy (non-hydrogen) atoms. The van der Waals surface area contributed by atoms with Crippen molar-refractivity contribution in [1.29, 1.82) is 0 Å². The average Bonchev–Trinajstić information content (AvgIpc) is 3.07. The molecule has 0 fully saturated rings. The van der Waals surface area contributed by atoms with E-state index in [0.717, 1.165) is 16.9 Å². The number of benzene rings is 1. The molecule has 1 aromatic carbocycles. The molecule has 2 rings (SSSR count). The highest BCUT2D eigenvalue weighted by molar-refractivity contribution is 7.94. The van der Waals surface area contributed by atoms with Gasteiger partial charge in [-0.3, -0.25) is 9.52 Å². The van der Waals surface area contributed by atoms with Gasteiger partial charge in [0.25, 0.3) is 15.9 Å². The number of anilines is 1. The minimum Gasteiger partial charge on any atom is -0.335 e. The van der Waals surface area contributed by atoms with E-state index in [9.17, 15) is 13.2 Å². The first-order chi connectivity index (χ1) is 11.3. The summed E-state index contributed by atoms with van der Waals surface area (Å²) in [5.41, 5.74) is 1.69. The zero-order valence-electron chi connectivity index (χ0n) is 13.7. The van der Waals surface area contributed by atoms with Gasteiger partial charge in [0, 0.05) is 24.3 Å². The van der Waals surface area contributed by atoms with Gasteiger partial charge in [0.2, 0.25) is 0 Å². The lowest BCUT2D eigenvalue weighted by Gasteiger charge is -2.21. The van der Waals surface area contributed by atoms with Crippen molar-refractivity contribution in [1.82, 2.24) is 4.90 Å². The lowest BCUT2D eigenvalue weighted by Crippen LogP contribution is -2.32. The van der Waals surface area contributed by atoms with Crippen LogP contribution in [0.1, 0.15) is 24.2 Å². The normalized spacial score (nSPS) is 11.1. The molecule has 0 saturated heterocycles. The number of likely N-dealkylation sites (N-methyl/N-ethyl adjacent to an activating group) is 1. The lowest BCUT2D eigenvalue weighted by atomic mass is 10.1. The van der Waals surface area contributed by atoms with Crippen molar-refractivity contribution >= 4 is 33.0 Å². The molecule has 7 heteroatoms. The summed E-state index contributed by atoms with van der Waals surface area (Å²) in [6.45, 7) is 8.61. The van der Waals surface area contributed by atoms with E-state index in [1.165, 1.54) is 6.07 Å². The molecule has 0 aliphatic heterocycles. The highest BCUT2D eigenvalue weighted by Gasteiger charge is 2.18. The third kappa shape index (κ3) is 4.46. The van der Waals surface area contributed by atoms with Crippen molar-refractivity contribution in [3.05, 3.63) is 59.5 Å². The monoisotopic (exact) mass is 364 g/mol. The minimum atomic E-state index is -3.63. The Bertz CT molecular complexity index is 827. The Labute approximate surface area is 146 Å². The van der Waals surface area contributed by atoms with E-state index < -0.39 is 10.0 Å². The fraction of sp³-hybridized carbons (Fsp3) is 0.235. The van der Waals surface area contributed by atoms with E-state index in [2.05, 4.69) is 11.3 Å². The summed E-state index contributed by atoms with van der Waals surface area (Å²) in [5, 5.41) is 1.70. The Morgan fingerprint density at radius 2 is 2.04 bits per heavy atom. The van der Waals surface area contributed by atoms with Crippen molar-refractivity contribution in [3.8, 4) is 0 Å². The molecule has 0 aliphatic carbocycles. The topological polar surface area (TPSA) is 66.5 Å². The van der Waals surface area contributed by atoms with Gasteiger partial charge in [0.1, 0.15) is 4.21 Å². The second-order valence-corrected chi connectivity index (χ2v) is 8.25. The first kappa shape index (κ1) is 18.2. The molecule has 1 N–H and O–H groups in total. The summed E-state index contributed by atoms with van der Waals surface area (Å²) in [5.74, 6) is -0.155. The summed E-state index contributed by atoms with van der Waals surface area (Å²) in [7, 11) is -3.63. The van der Waals surface area contributed by atoms with Gasteiger partial charge in [-0.1, -0.05) is 24.3 Å². The van der Waals surface area contributed by atoms with Crippen LogP contribution in [-0.2, 0) is 10.0 Å². The van der Waals surface area contributed by atoms with E-state index >= 15 is 0 Å². The zero-order valence-corrected chi connectivity index (χ0v) is 15.3. The summed E-state index contributed by atoms with van der Waals surface area (Å²) in [6, 6.07) is 9.72. The first-order valence-corrected chi connectivity index (χ1v) is 9.80. The number of carbonyl (C=O) groups excluding carboxylic acids is 1. The van der Waals surface area contributed by atoms with Gasteiger partial charge in [-0.05, 0) is 43.5 Å².